The molecule has 3 amide bonds. The highest BCUT2D eigenvalue weighted by molar-refractivity contribution is 6.02. The van der Waals surface area contributed by atoms with Gasteiger partial charge in [0.1, 0.15) is 0 Å². The zero-order chi connectivity index (χ0) is 23.5. The Hall–Kier alpha value is -3.11. The minimum Gasteiger partial charge on any atom is -0.493 e. The number of carbonyl (C=O) groups is 3. The fraction of sp³-hybridized carbons (Fsp3) is 0.571. The van der Waals surface area contributed by atoms with E-state index >= 15 is 0 Å². The van der Waals surface area contributed by atoms with Crippen molar-refractivity contribution in [1.82, 2.24) is 10.6 Å². The maximum atomic E-state index is 12.7. The molecule has 11 heteroatoms. The fourth-order valence-electron chi connectivity index (χ4n) is 3.44. The van der Waals surface area contributed by atoms with E-state index in [2.05, 4.69) is 25.4 Å². The van der Waals surface area contributed by atoms with Crippen LogP contribution in [0.1, 0.15) is 55.3 Å². The average molecular weight is 457 g/mol. The Morgan fingerprint density at radius 3 is 2.44 bits per heavy atom. The van der Waals surface area contributed by atoms with Crippen LogP contribution in [0.2, 0.25) is 0 Å². The van der Waals surface area contributed by atoms with Gasteiger partial charge in [0, 0.05) is 31.1 Å². The number of alkyl halides is 2. The lowest BCUT2D eigenvalue weighted by Gasteiger charge is -2.22. The van der Waals surface area contributed by atoms with Crippen LogP contribution in [0.5, 0.6) is 11.5 Å². The number of rotatable bonds is 10. The summed E-state index contributed by atoms with van der Waals surface area (Å²) in [5, 5.41) is 8.12. The van der Waals surface area contributed by atoms with Gasteiger partial charge in [0.05, 0.1) is 25.5 Å². The molecule has 1 aliphatic carbocycles. The highest BCUT2D eigenvalue weighted by Gasteiger charge is 2.21. The smallest absolute Gasteiger partial charge is 0.387 e. The molecule has 0 aromatic heterocycles. The summed E-state index contributed by atoms with van der Waals surface area (Å²) in [5.41, 5.74) is -0.134. The minimum atomic E-state index is -3.12. The summed E-state index contributed by atoms with van der Waals surface area (Å²) in [5.74, 6) is -1.72. The van der Waals surface area contributed by atoms with Crippen molar-refractivity contribution in [3.8, 4) is 11.5 Å². The SMILES string of the molecule is COC(=O)c1cc(OC)c(OC(F)F)cc1NC(=O)CCCNC(=O)NC1CCCCC1. The molecule has 0 spiro atoms. The molecule has 1 saturated carbocycles. The van der Waals surface area contributed by atoms with Crippen LogP contribution in [-0.2, 0) is 9.53 Å². The van der Waals surface area contributed by atoms with Crippen molar-refractivity contribution >= 4 is 23.6 Å². The van der Waals surface area contributed by atoms with E-state index in [0.717, 1.165) is 44.9 Å². The molecule has 0 aliphatic heterocycles. The van der Waals surface area contributed by atoms with Gasteiger partial charge in [-0.15, -0.1) is 0 Å². The van der Waals surface area contributed by atoms with Gasteiger partial charge in [-0.05, 0) is 19.3 Å². The number of esters is 1. The highest BCUT2D eigenvalue weighted by atomic mass is 19.3. The first-order valence-electron chi connectivity index (χ1n) is 10.4. The van der Waals surface area contributed by atoms with Crippen molar-refractivity contribution in [2.75, 3.05) is 26.1 Å². The topological polar surface area (TPSA) is 115 Å². The van der Waals surface area contributed by atoms with E-state index < -0.39 is 18.5 Å². The molecule has 3 N–H and O–H groups in total. The molecule has 2 rings (SSSR count). The average Bonchev–Trinajstić information content (AvgIpc) is 2.76. The lowest BCUT2D eigenvalue weighted by atomic mass is 9.96. The van der Waals surface area contributed by atoms with E-state index in [4.69, 9.17) is 4.74 Å². The van der Waals surface area contributed by atoms with E-state index in [1.165, 1.54) is 13.5 Å². The van der Waals surface area contributed by atoms with Gasteiger partial charge < -0.3 is 30.2 Å². The van der Waals surface area contributed by atoms with Gasteiger partial charge in [0.15, 0.2) is 11.5 Å². The Balaban J connectivity index is 1.91. The highest BCUT2D eigenvalue weighted by Crippen LogP contribution is 2.35. The zero-order valence-electron chi connectivity index (χ0n) is 18.2. The van der Waals surface area contributed by atoms with E-state index in [9.17, 15) is 23.2 Å². The van der Waals surface area contributed by atoms with Crippen molar-refractivity contribution in [2.24, 2.45) is 0 Å². The largest absolute Gasteiger partial charge is 0.493 e. The normalized spacial score (nSPS) is 13.9. The predicted octanol–water partition coefficient (Wildman–Crippen LogP) is 3.43. The molecule has 9 nitrogen and oxygen atoms in total. The maximum Gasteiger partial charge on any atom is 0.387 e. The van der Waals surface area contributed by atoms with Crippen LogP contribution in [0.25, 0.3) is 0 Å². The van der Waals surface area contributed by atoms with Crippen LogP contribution in [0.4, 0.5) is 19.3 Å². The third-order valence-corrected chi connectivity index (χ3v) is 5.01. The fourth-order valence-corrected chi connectivity index (χ4v) is 3.44. The molecule has 1 aromatic rings. The lowest BCUT2D eigenvalue weighted by Crippen LogP contribution is -2.43. The third-order valence-electron chi connectivity index (χ3n) is 5.01. The summed E-state index contributed by atoms with van der Waals surface area (Å²) in [6.45, 7) is -2.85. The van der Waals surface area contributed by atoms with Crippen LogP contribution >= 0.6 is 0 Å². The molecule has 0 unspecified atom stereocenters. The molecular formula is C21H29F2N3O6. The van der Waals surface area contributed by atoms with E-state index in [-0.39, 0.29) is 47.8 Å². The number of urea groups is 1. The van der Waals surface area contributed by atoms with Gasteiger partial charge in [-0.3, -0.25) is 4.79 Å². The number of hydrogen-bond donors (Lipinski definition) is 3. The van der Waals surface area contributed by atoms with Crippen LogP contribution in [0.15, 0.2) is 12.1 Å². The van der Waals surface area contributed by atoms with Crippen LogP contribution in [-0.4, -0.2) is 51.3 Å². The number of benzene rings is 1. The first-order chi connectivity index (χ1) is 15.3. The van der Waals surface area contributed by atoms with Crippen molar-refractivity contribution in [3.05, 3.63) is 17.7 Å². The summed E-state index contributed by atoms with van der Waals surface area (Å²) < 4.78 is 39.4. The first kappa shape index (κ1) is 25.2. The van der Waals surface area contributed by atoms with E-state index in [1.807, 2.05) is 0 Å². The predicted molar refractivity (Wildman–Crippen MR) is 112 cm³/mol. The number of methoxy groups -OCH3 is 2. The van der Waals surface area contributed by atoms with Crippen LogP contribution in [0.3, 0.4) is 0 Å². The standard InChI is InChI=1S/C21H29F2N3O6/c1-30-16-11-14(19(28)31-2)15(12-17(16)32-20(22)23)26-18(27)9-6-10-24-21(29)25-13-7-4-3-5-8-13/h11-13,20H,3-10H2,1-2H3,(H,26,27)(H2,24,25,29). The quantitative estimate of drug-likeness (QED) is 0.366. The maximum absolute atomic E-state index is 12.7. The molecule has 178 valence electrons. The Morgan fingerprint density at radius 1 is 1.09 bits per heavy atom. The van der Waals surface area contributed by atoms with Crippen molar-refractivity contribution in [2.45, 2.75) is 57.6 Å². The van der Waals surface area contributed by atoms with Crippen LogP contribution in [0, 0.1) is 0 Å². The third kappa shape index (κ3) is 7.86. The second-order valence-corrected chi connectivity index (χ2v) is 7.31. The second-order valence-electron chi connectivity index (χ2n) is 7.31. The molecule has 1 fully saturated rings. The summed E-state index contributed by atoms with van der Waals surface area (Å²) >= 11 is 0. The monoisotopic (exact) mass is 457 g/mol. The van der Waals surface area contributed by atoms with E-state index in [1.54, 1.807) is 0 Å². The summed E-state index contributed by atoms with van der Waals surface area (Å²) in [6, 6.07) is 2.14. The molecule has 0 saturated heterocycles. The van der Waals surface area contributed by atoms with Gasteiger partial charge in [-0.25, -0.2) is 9.59 Å². The van der Waals surface area contributed by atoms with Gasteiger partial charge in [0.25, 0.3) is 0 Å². The zero-order valence-corrected chi connectivity index (χ0v) is 18.2. The molecule has 32 heavy (non-hydrogen) atoms. The Bertz CT molecular complexity index is 800. The van der Waals surface area contributed by atoms with Gasteiger partial charge >= 0.3 is 18.6 Å². The molecule has 0 atom stereocenters. The number of anilines is 1. The molecule has 0 heterocycles. The Morgan fingerprint density at radius 2 is 1.81 bits per heavy atom. The second kappa shape index (κ2) is 12.7. The number of hydrogen-bond acceptors (Lipinski definition) is 6. The number of amides is 3. The molecule has 1 aliphatic rings. The molecule has 1 aromatic carbocycles. The number of ether oxygens (including phenoxy) is 3. The van der Waals surface area contributed by atoms with Crippen molar-refractivity contribution in [3.63, 3.8) is 0 Å². The molecule has 0 radical (unpaired) electrons. The van der Waals surface area contributed by atoms with Crippen LogP contribution < -0.4 is 25.4 Å². The van der Waals surface area contributed by atoms with Gasteiger partial charge in [-0.1, -0.05) is 19.3 Å². The van der Waals surface area contributed by atoms with Crippen molar-refractivity contribution < 1.29 is 37.4 Å². The number of halogens is 2. The Kier molecular flexibility index (Phi) is 9.96. The molecular weight excluding hydrogens is 428 g/mol. The lowest BCUT2D eigenvalue weighted by molar-refractivity contribution is -0.116. The summed E-state index contributed by atoms with van der Waals surface area (Å²) in [7, 11) is 2.37. The number of nitrogens with one attached hydrogen (secondary N) is 3. The van der Waals surface area contributed by atoms with Gasteiger partial charge in [0.2, 0.25) is 5.91 Å². The summed E-state index contributed by atoms with van der Waals surface area (Å²) in [6.07, 6.45) is 5.71. The van der Waals surface area contributed by atoms with Crippen molar-refractivity contribution in [1.29, 1.82) is 0 Å². The van der Waals surface area contributed by atoms with Gasteiger partial charge in [-0.2, -0.15) is 8.78 Å². The summed E-state index contributed by atoms with van der Waals surface area (Å²) in [4.78, 5) is 36.3. The Labute approximate surface area is 185 Å². The number of carbonyl (C=O) groups excluding carboxylic acids is 3. The molecule has 0 bridgehead atoms. The minimum absolute atomic E-state index is 0.0292. The van der Waals surface area contributed by atoms with E-state index in [0.29, 0.717) is 6.42 Å². The first-order valence-corrected chi connectivity index (χ1v) is 10.4.